The number of hydrogen-bond donors (Lipinski definition) is 0. The lowest BCUT2D eigenvalue weighted by atomic mass is 10.1. The van der Waals surface area contributed by atoms with Gasteiger partial charge in [0.15, 0.2) is 0 Å². The topological polar surface area (TPSA) is 368 Å². The van der Waals surface area contributed by atoms with Gasteiger partial charge in [0.2, 0.25) is 11.8 Å². The minimum atomic E-state index is -0.194. The van der Waals surface area contributed by atoms with E-state index in [9.17, 15) is 38.4 Å². The molecule has 4 aliphatic heterocycles. The molecule has 576 valence electrons. The van der Waals surface area contributed by atoms with Crippen molar-refractivity contribution in [2.45, 2.75) is 93.9 Å². The van der Waals surface area contributed by atoms with Crippen molar-refractivity contribution in [2.75, 3.05) is 72.2 Å². The van der Waals surface area contributed by atoms with Gasteiger partial charge in [-0.1, -0.05) is 12.1 Å². The molecule has 16 rings (SSSR count). The van der Waals surface area contributed by atoms with E-state index in [4.69, 9.17) is 9.47 Å². The molecule has 4 aliphatic rings. The highest BCUT2D eigenvalue weighted by atomic mass is 16.5. The molecule has 0 spiro atoms. The van der Waals surface area contributed by atoms with Crippen LogP contribution >= 0.6 is 0 Å². The monoisotopic (exact) mass is 1510 g/mol. The number of amides is 4. The van der Waals surface area contributed by atoms with Crippen LogP contribution in [0.2, 0.25) is 0 Å². The zero-order valence-electron chi connectivity index (χ0n) is 63.5. The number of rotatable bonds is 8. The molecule has 0 atom stereocenters. The second-order valence-corrected chi connectivity index (χ2v) is 25.2. The van der Waals surface area contributed by atoms with Crippen molar-refractivity contribution in [3.8, 4) is 22.7 Å². The third kappa shape index (κ3) is 25.2. The molecule has 4 fully saturated rings. The Balaban J connectivity index is 0.000000147. The highest BCUT2D eigenvalue weighted by molar-refractivity contribution is 5.96. The Morgan fingerprint density at radius 2 is 0.562 bits per heavy atom. The number of piperidine rings is 2. The van der Waals surface area contributed by atoms with E-state index in [-0.39, 0.29) is 59.1 Å². The highest BCUT2D eigenvalue weighted by Gasteiger charge is 2.23. The van der Waals surface area contributed by atoms with Crippen LogP contribution in [0.3, 0.4) is 0 Å². The number of morpholine rings is 2. The van der Waals surface area contributed by atoms with Crippen LogP contribution < -0.4 is 41.8 Å². The summed E-state index contributed by atoms with van der Waals surface area (Å²) in [6.07, 6.45) is 37.8. The first kappa shape index (κ1) is 82.4. The van der Waals surface area contributed by atoms with E-state index in [1.54, 1.807) is 163 Å². The smallest absolute Gasteiger partial charge is 0.273 e. The number of pyridine rings is 6. The summed E-state index contributed by atoms with van der Waals surface area (Å²) in [7, 11) is 0. The Kier molecular flexibility index (Phi) is 31.1. The summed E-state index contributed by atoms with van der Waals surface area (Å²) in [4.78, 5) is 155. The third-order valence-corrected chi connectivity index (χ3v) is 16.7. The largest absolute Gasteiger partial charge is 0.370 e. The van der Waals surface area contributed by atoms with Gasteiger partial charge in [-0.3, -0.25) is 86.5 Å². The molecule has 0 saturated carbocycles. The van der Waals surface area contributed by atoms with Gasteiger partial charge < -0.3 is 29.1 Å². The Morgan fingerprint density at radius 1 is 0.268 bits per heavy atom. The molecule has 16 heterocycles. The third-order valence-electron chi connectivity index (χ3n) is 16.7. The first-order valence-corrected chi connectivity index (χ1v) is 35.8. The molecule has 0 N–H and O–H groups in total. The van der Waals surface area contributed by atoms with Gasteiger partial charge in [0.1, 0.15) is 36.5 Å². The Hall–Kier alpha value is -13.6. The Labute approximate surface area is 645 Å². The lowest BCUT2D eigenvalue weighted by Crippen LogP contribution is -2.41. The van der Waals surface area contributed by atoms with E-state index >= 15 is 0 Å². The lowest BCUT2D eigenvalue weighted by molar-refractivity contribution is -0.126. The van der Waals surface area contributed by atoms with Crippen LogP contribution in [0.1, 0.15) is 84.6 Å². The molecule has 12 aromatic rings. The second-order valence-electron chi connectivity index (χ2n) is 25.2. The fourth-order valence-corrected chi connectivity index (χ4v) is 10.7. The summed E-state index contributed by atoms with van der Waals surface area (Å²) in [5.41, 5.74) is 9.54. The number of ether oxygens (including phenoxy) is 2. The van der Waals surface area contributed by atoms with E-state index in [2.05, 4.69) is 69.8 Å². The number of aryl methyl sites for hydroxylation is 8. The zero-order chi connectivity index (χ0) is 79.7. The number of carbonyl (C=O) groups is 4. The maximum absolute atomic E-state index is 11.6. The number of nitrogens with zero attached hydrogens (tertiary/aromatic N) is 22. The van der Waals surface area contributed by atoms with Crippen molar-refractivity contribution in [2.24, 2.45) is 0 Å². The predicted molar refractivity (Wildman–Crippen MR) is 420 cm³/mol. The minimum Gasteiger partial charge on any atom is -0.370 e. The minimum absolute atomic E-state index is 0.00176. The summed E-state index contributed by atoms with van der Waals surface area (Å²) < 4.78 is 16.1. The normalized spacial score (nSPS) is 13.6. The molecule has 4 saturated heterocycles. The standard InChI is InChI=1S/C11H14N2O.C11H10N2O.C10H9N3O.C10H13N3O.C10H9N3O.C10H12N2O2.C9H8N4O.C9H11N3O2/c2*1-9-5-6-10(8-12-9)13-7-3-2-4-11(13)14;1-8-2-3-9(6-12-8)13-5-4-11-7-10(13)14;2*1-8-11-6-9(7-12-8)13-5-3-2-4-10(13)14;1-8-2-3-9(6-11-8)12-4-5-14-7-10(12)13;1-7-11-4-8(5-12-7)13-3-2-10-6-9(13)14;1-7-10-4-8(5-11-7)12-2-3-14-6-9(12)13/h5-6,8H,2-4,7H2,1H3;2-8H,1H3;2-7H,1H3;6-7H,2-5H2,1H3;2-7H,1H3;2-3,6H,4-5,7H2,1H3;2-6H,1H3;4-5H,2-3,6H2,1H3. The average Bonchev–Trinajstić information content (AvgIpc) is 0.902. The van der Waals surface area contributed by atoms with E-state index in [0.29, 0.717) is 68.0 Å². The first-order valence-electron chi connectivity index (χ1n) is 35.8. The van der Waals surface area contributed by atoms with Crippen molar-refractivity contribution in [1.82, 2.24) is 88.0 Å². The van der Waals surface area contributed by atoms with Crippen LogP contribution in [0.5, 0.6) is 0 Å². The molecule has 112 heavy (non-hydrogen) atoms. The number of hydrogen-bond acceptors (Lipinski definition) is 24. The second kappa shape index (κ2) is 42.2. The maximum atomic E-state index is 11.6. The maximum Gasteiger partial charge on any atom is 0.273 e. The molecule has 12 aromatic heterocycles. The van der Waals surface area contributed by atoms with E-state index < -0.39 is 0 Å². The molecule has 0 aliphatic carbocycles. The summed E-state index contributed by atoms with van der Waals surface area (Å²) in [5, 5.41) is 0. The average molecular weight is 1520 g/mol. The molecular formula is C80H86N22O10. The molecule has 0 radical (unpaired) electrons. The Bertz CT molecular complexity index is 4590. The van der Waals surface area contributed by atoms with Gasteiger partial charge in [0.05, 0.1) is 145 Å². The SMILES string of the molecule is Cc1ccc(-n2ccccc2=O)cn1.Cc1ccc(-n2ccncc2=O)cn1.Cc1ccc(N2CCCCC2=O)cn1.Cc1ccc(N2CCOCC2=O)cn1.Cc1ncc(-n2ccccc2=O)cn1.Cc1ncc(-n2ccncc2=O)cn1.Cc1ncc(N2CCCCC2=O)cn1.Cc1ncc(N2CCOCC2=O)cn1. The van der Waals surface area contributed by atoms with Crippen LogP contribution in [-0.2, 0) is 28.7 Å². The molecule has 0 unspecified atom stereocenters. The van der Waals surface area contributed by atoms with Crippen LogP contribution in [0.15, 0.2) is 228 Å². The van der Waals surface area contributed by atoms with Gasteiger partial charge in [-0.25, -0.2) is 39.9 Å². The summed E-state index contributed by atoms with van der Waals surface area (Å²) in [6, 6.07) is 25.3. The summed E-state index contributed by atoms with van der Waals surface area (Å²) in [5.74, 6) is 3.18. The molecule has 32 nitrogen and oxygen atoms in total. The van der Waals surface area contributed by atoms with E-state index in [1.165, 1.54) is 38.2 Å². The molecular weight excluding hydrogens is 1430 g/mol. The van der Waals surface area contributed by atoms with Crippen molar-refractivity contribution in [1.29, 1.82) is 0 Å². The van der Waals surface area contributed by atoms with Crippen molar-refractivity contribution in [3.05, 3.63) is 296 Å². The lowest BCUT2D eigenvalue weighted by Gasteiger charge is -2.26. The quantitative estimate of drug-likeness (QED) is 0.140. The summed E-state index contributed by atoms with van der Waals surface area (Å²) in [6.45, 7) is 19.2. The van der Waals surface area contributed by atoms with Gasteiger partial charge >= 0.3 is 0 Å². The fourth-order valence-electron chi connectivity index (χ4n) is 10.7. The van der Waals surface area contributed by atoms with Crippen LogP contribution in [-0.4, -0.2) is 164 Å². The van der Waals surface area contributed by atoms with Gasteiger partial charge in [-0.15, -0.1) is 0 Å². The Morgan fingerprint density at radius 3 is 0.884 bits per heavy atom. The van der Waals surface area contributed by atoms with Gasteiger partial charge in [0, 0.05) is 111 Å². The molecule has 32 heteroatoms. The first-order chi connectivity index (χ1) is 54.2. The van der Waals surface area contributed by atoms with Crippen LogP contribution in [0.4, 0.5) is 22.7 Å². The zero-order valence-corrected chi connectivity index (χ0v) is 63.5. The van der Waals surface area contributed by atoms with E-state index in [0.717, 1.165) is 101 Å². The van der Waals surface area contributed by atoms with Crippen molar-refractivity contribution < 1.29 is 28.7 Å². The van der Waals surface area contributed by atoms with Gasteiger partial charge in [0.25, 0.3) is 34.1 Å². The van der Waals surface area contributed by atoms with Crippen molar-refractivity contribution >= 4 is 46.4 Å². The van der Waals surface area contributed by atoms with E-state index in [1.807, 2.05) is 101 Å². The predicted octanol–water partition coefficient (Wildman–Crippen LogP) is 7.85. The van der Waals surface area contributed by atoms with Crippen LogP contribution in [0.25, 0.3) is 22.7 Å². The summed E-state index contributed by atoms with van der Waals surface area (Å²) >= 11 is 0. The van der Waals surface area contributed by atoms with Crippen molar-refractivity contribution in [3.63, 3.8) is 0 Å². The molecule has 0 bridgehead atoms. The molecule has 4 amide bonds. The fraction of sp³-hybridized carbons (Fsp3) is 0.275. The number of carbonyl (C=O) groups excluding carboxylic acids is 4. The van der Waals surface area contributed by atoms with Gasteiger partial charge in [-0.2, -0.15) is 0 Å². The number of aromatic nitrogens is 18. The highest BCUT2D eigenvalue weighted by Crippen LogP contribution is 2.22. The number of anilines is 4. The molecule has 0 aromatic carbocycles. The van der Waals surface area contributed by atoms with Crippen LogP contribution in [0, 0.1) is 55.4 Å². The van der Waals surface area contributed by atoms with Gasteiger partial charge in [-0.05, 0) is 142 Å².